The summed E-state index contributed by atoms with van der Waals surface area (Å²) in [5.74, 6) is 0.995. The molecule has 106 valence electrons. The minimum absolute atomic E-state index is 0.252. The van der Waals surface area contributed by atoms with E-state index in [0.717, 1.165) is 23.7 Å². The van der Waals surface area contributed by atoms with Crippen molar-refractivity contribution in [3.8, 4) is 5.75 Å². The third-order valence-electron chi connectivity index (χ3n) is 3.70. The normalized spacial score (nSPS) is 19.0. The Bertz CT molecular complexity index is 408. The van der Waals surface area contributed by atoms with Gasteiger partial charge < -0.3 is 10.1 Å². The van der Waals surface area contributed by atoms with Gasteiger partial charge in [0.25, 0.3) is 0 Å². The predicted molar refractivity (Wildman–Crippen MR) is 81.2 cm³/mol. The lowest BCUT2D eigenvalue weighted by molar-refractivity contribution is 0.221. The van der Waals surface area contributed by atoms with Crippen LogP contribution in [0.4, 0.5) is 0 Å². The third kappa shape index (κ3) is 4.39. The van der Waals surface area contributed by atoms with Gasteiger partial charge in [0.2, 0.25) is 0 Å². The lowest BCUT2D eigenvalue weighted by atomic mass is 10.1. The molecular formula is C16H24ClNO. The monoisotopic (exact) mass is 281 g/mol. The molecule has 0 radical (unpaired) electrons. The number of unbranched alkanes of at least 4 members (excludes halogenated alkanes) is 2. The maximum atomic E-state index is 6.00. The van der Waals surface area contributed by atoms with Crippen molar-refractivity contribution in [1.82, 2.24) is 5.32 Å². The second-order valence-corrected chi connectivity index (χ2v) is 5.94. The van der Waals surface area contributed by atoms with Crippen LogP contribution in [0.1, 0.15) is 45.1 Å². The minimum atomic E-state index is 0.252. The Labute approximate surface area is 121 Å². The maximum absolute atomic E-state index is 6.00. The van der Waals surface area contributed by atoms with E-state index in [1.807, 2.05) is 18.2 Å². The zero-order valence-electron chi connectivity index (χ0n) is 11.9. The van der Waals surface area contributed by atoms with Gasteiger partial charge in [0.1, 0.15) is 11.9 Å². The van der Waals surface area contributed by atoms with Crippen LogP contribution in [-0.2, 0) is 6.42 Å². The molecule has 0 spiro atoms. The number of benzene rings is 1. The topological polar surface area (TPSA) is 21.3 Å². The summed E-state index contributed by atoms with van der Waals surface area (Å²) in [4.78, 5) is 0. The summed E-state index contributed by atoms with van der Waals surface area (Å²) in [6.45, 7) is 5.42. The summed E-state index contributed by atoms with van der Waals surface area (Å²) < 4.78 is 5.92. The molecule has 1 aromatic rings. The first-order valence-electron chi connectivity index (χ1n) is 7.37. The summed E-state index contributed by atoms with van der Waals surface area (Å²) in [6.07, 6.45) is 6.39. The molecule has 0 saturated heterocycles. The fourth-order valence-electron chi connectivity index (χ4n) is 2.54. The van der Waals surface area contributed by atoms with E-state index >= 15 is 0 Å². The van der Waals surface area contributed by atoms with Crippen LogP contribution < -0.4 is 10.1 Å². The Hall–Kier alpha value is -0.730. The number of rotatable bonds is 7. The van der Waals surface area contributed by atoms with Crippen LogP contribution in [0.5, 0.6) is 5.75 Å². The van der Waals surface area contributed by atoms with Crippen LogP contribution in [0.3, 0.4) is 0 Å². The van der Waals surface area contributed by atoms with Crippen molar-refractivity contribution >= 4 is 11.6 Å². The second-order valence-electron chi connectivity index (χ2n) is 5.50. The zero-order chi connectivity index (χ0) is 13.7. The Kier molecular flexibility index (Phi) is 5.53. The van der Waals surface area contributed by atoms with E-state index in [-0.39, 0.29) is 6.10 Å². The fraction of sp³-hybridized carbons (Fsp3) is 0.625. The van der Waals surface area contributed by atoms with Gasteiger partial charge in [-0.15, -0.1) is 0 Å². The molecule has 1 aromatic carbocycles. The van der Waals surface area contributed by atoms with Gasteiger partial charge in [-0.2, -0.15) is 0 Å². The van der Waals surface area contributed by atoms with Gasteiger partial charge >= 0.3 is 0 Å². The van der Waals surface area contributed by atoms with Crippen LogP contribution in [0.25, 0.3) is 0 Å². The third-order valence-corrected chi connectivity index (χ3v) is 3.93. The van der Waals surface area contributed by atoms with E-state index in [1.54, 1.807) is 0 Å². The quantitative estimate of drug-likeness (QED) is 0.756. The summed E-state index contributed by atoms with van der Waals surface area (Å²) in [5.41, 5.74) is 1.23. The molecule has 2 rings (SSSR count). The first-order valence-corrected chi connectivity index (χ1v) is 7.75. The molecule has 0 amide bonds. The molecule has 2 unspecified atom stereocenters. The van der Waals surface area contributed by atoms with E-state index in [1.165, 1.54) is 31.2 Å². The van der Waals surface area contributed by atoms with Crippen molar-refractivity contribution in [2.45, 2.75) is 58.1 Å². The van der Waals surface area contributed by atoms with Gasteiger partial charge in [0.15, 0.2) is 0 Å². The highest BCUT2D eigenvalue weighted by Gasteiger charge is 2.22. The fourth-order valence-corrected chi connectivity index (χ4v) is 2.73. The minimum Gasteiger partial charge on any atom is -0.488 e. The standard InChI is InChI=1S/C16H24ClNO/c1-3-4-5-6-12(2)18-11-15-10-13-9-14(17)7-8-16(13)19-15/h7-9,12,15,18H,3-6,10-11H2,1-2H3. The van der Waals surface area contributed by atoms with E-state index in [2.05, 4.69) is 19.2 Å². The van der Waals surface area contributed by atoms with Crippen molar-refractivity contribution < 1.29 is 4.74 Å². The molecule has 1 aliphatic rings. The highest BCUT2D eigenvalue weighted by atomic mass is 35.5. The zero-order valence-corrected chi connectivity index (χ0v) is 12.7. The predicted octanol–water partition coefficient (Wildman–Crippen LogP) is 4.20. The number of nitrogens with one attached hydrogen (secondary N) is 1. The first kappa shape index (κ1) is 14.7. The molecule has 1 aliphatic heterocycles. The average Bonchev–Trinajstić information content (AvgIpc) is 2.78. The van der Waals surface area contributed by atoms with E-state index in [0.29, 0.717) is 6.04 Å². The van der Waals surface area contributed by atoms with Crippen LogP contribution in [-0.4, -0.2) is 18.7 Å². The number of ether oxygens (including phenoxy) is 1. The number of hydrogen-bond acceptors (Lipinski definition) is 2. The summed E-state index contributed by atoms with van der Waals surface area (Å²) >= 11 is 6.00. The van der Waals surface area contributed by atoms with Gasteiger partial charge in [-0.1, -0.05) is 37.8 Å². The van der Waals surface area contributed by atoms with Gasteiger partial charge in [-0.05, 0) is 37.1 Å². The number of fused-ring (bicyclic) bond motifs is 1. The van der Waals surface area contributed by atoms with Crippen LogP contribution in [0.15, 0.2) is 18.2 Å². The van der Waals surface area contributed by atoms with E-state index in [4.69, 9.17) is 16.3 Å². The van der Waals surface area contributed by atoms with Gasteiger partial charge in [-0.25, -0.2) is 0 Å². The first-order chi connectivity index (χ1) is 9.19. The molecule has 3 heteroatoms. The van der Waals surface area contributed by atoms with Gasteiger partial charge in [0, 0.05) is 24.0 Å². The Morgan fingerprint density at radius 3 is 3.05 bits per heavy atom. The Balaban J connectivity index is 1.72. The lowest BCUT2D eigenvalue weighted by Crippen LogP contribution is -2.35. The van der Waals surface area contributed by atoms with Gasteiger partial charge in [-0.3, -0.25) is 0 Å². The number of halogens is 1. The summed E-state index contributed by atoms with van der Waals surface area (Å²) in [6, 6.07) is 6.45. The molecule has 19 heavy (non-hydrogen) atoms. The Morgan fingerprint density at radius 2 is 2.26 bits per heavy atom. The van der Waals surface area contributed by atoms with E-state index in [9.17, 15) is 0 Å². The smallest absolute Gasteiger partial charge is 0.123 e. The molecule has 0 bridgehead atoms. The van der Waals surface area contributed by atoms with Crippen molar-refractivity contribution in [3.05, 3.63) is 28.8 Å². The van der Waals surface area contributed by atoms with Crippen LogP contribution in [0.2, 0.25) is 5.02 Å². The van der Waals surface area contributed by atoms with Crippen molar-refractivity contribution in [3.63, 3.8) is 0 Å². The molecule has 2 atom stereocenters. The van der Waals surface area contributed by atoms with Crippen molar-refractivity contribution in [2.75, 3.05) is 6.54 Å². The maximum Gasteiger partial charge on any atom is 0.123 e. The lowest BCUT2D eigenvalue weighted by Gasteiger charge is -2.17. The average molecular weight is 282 g/mol. The summed E-state index contributed by atoms with van der Waals surface area (Å²) in [7, 11) is 0. The molecule has 0 fully saturated rings. The van der Waals surface area contributed by atoms with E-state index < -0.39 is 0 Å². The molecule has 0 saturated carbocycles. The highest BCUT2D eigenvalue weighted by molar-refractivity contribution is 6.30. The van der Waals surface area contributed by atoms with Crippen molar-refractivity contribution in [1.29, 1.82) is 0 Å². The molecule has 1 N–H and O–H groups in total. The SMILES string of the molecule is CCCCCC(C)NCC1Cc2cc(Cl)ccc2O1. The van der Waals surface area contributed by atoms with Crippen molar-refractivity contribution in [2.24, 2.45) is 0 Å². The molecule has 2 nitrogen and oxygen atoms in total. The molecule has 0 aromatic heterocycles. The largest absolute Gasteiger partial charge is 0.488 e. The highest BCUT2D eigenvalue weighted by Crippen LogP contribution is 2.30. The van der Waals surface area contributed by atoms with Gasteiger partial charge in [0.05, 0.1) is 0 Å². The molecule has 1 heterocycles. The summed E-state index contributed by atoms with van der Waals surface area (Å²) in [5, 5.41) is 4.37. The molecular weight excluding hydrogens is 258 g/mol. The number of hydrogen-bond donors (Lipinski definition) is 1. The molecule has 0 aliphatic carbocycles. The van der Waals surface area contributed by atoms with Crippen LogP contribution in [0, 0.1) is 0 Å². The Morgan fingerprint density at radius 1 is 1.42 bits per heavy atom. The van der Waals surface area contributed by atoms with Crippen LogP contribution >= 0.6 is 11.6 Å². The second kappa shape index (κ2) is 7.16.